The summed E-state index contributed by atoms with van der Waals surface area (Å²) in [4.78, 5) is 12.6. The Hall–Kier alpha value is -1.43. The molecular weight excluding hydrogens is 787 g/mol. The first kappa shape index (κ1) is 62.6. The van der Waals surface area contributed by atoms with Crippen LogP contribution in [0.3, 0.4) is 0 Å². The maximum Gasteiger partial charge on any atom is 0.249 e. The smallest absolute Gasteiger partial charge is 0.249 e. The van der Waals surface area contributed by atoms with Crippen molar-refractivity contribution in [2.45, 2.75) is 327 Å². The average molecular weight is 901 g/mol. The number of rotatable bonds is 53. The molecule has 0 rings (SSSR count). The number of hydrogen-bond donors (Lipinski definition) is 4. The van der Waals surface area contributed by atoms with E-state index in [-0.39, 0.29) is 6.61 Å². The second-order valence-corrected chi connectivity index (χ2v) is 19.8. The third-order valence-electron chi connectivity index (χ3n) is 13.5. The van der Waals surface area contributed by atoms with Crippen LogP contribution in [0.4, 0.5) is 0 Å². The molecule has 0 aromatic carbocycles. The fourth-order valence-electron chi connectivity index (χ4n) is 8.99. The molecule has 0 saturated heterocycles. The largest absolute Gasteiger partial charge is 0.394 e. The number of amides is 1. The van der Waals surface area contributed by atoms with Gasteiger partial charge in [0.25, 0.3) is 0 Å². The summed E-state index contributed by atoms with van der Waals surface area (Å²) < 4.78 is 0. The number of nitrogens with one attached hydrogen (secondary N) is 1. The summed E-state index contributed by atoms with van der Waals surface area (Å²) in [5, 5.41) is 33.4. The number of aliphatic hydroxyl groups is 3. The average Bonchev–Trinajstić information content (AvgIpc) is 3.30. The van der Waals surface area contributed by atoms with Crippen molar-refractivity contribution in [3.05, 3.63) is 36.5 Å². The molecule has 64 heavy (non-hydrogen) atoms. The zero-order chi connectivity index (χ0) is 46.5. The summed E-state index contributed by atoms with van der Waals surface area (Å²) in [6.45, 7) is 4.21. The van der Waals surface area contributed by atoms with Crippen molar-refractivity contribution in [1.29, 1.82) is 0 Å². The molecule has 0 spiro atoms. The van der Waals surface area contributed by atoms with Crippen LogP contribution >= 0.6 is 0 Å². The molecule has 378 valence electrons. The standard InChI is InChI=1S/C59H113NO4/c1-3-5-7-9-11-13-15-17-19-21-23-25-27-29-31-33-35-37-39-41-43-45-47-49-51-53-57(62)56(55-61)60-59(64)58(63)54-52-50-48-46-44-42-40-38-36-34-32-30-28-26-24-22-20-18-16-14-12-10-8-6-4-2/h35,37,43,45,51,53,56-58,61-63H,3-34,36,38-42,44,46-50,52,54-55H2,1-2H3,(H,60,64)/b37-35+,45-43+,53-51+. The number of aliphatic hydroxyl groups excluding tert-OH is 3. The molecule has 3 atom stereocenters. The SMILES string of the molecule is CCCCCCCCCCCCCCCCC/C=C/CC/C=C/CC/C=C/C(O)C(CO)NC(=O)C(O)CCCCCCCCCCCCCCCCCCCCCCCCCCC. The highest BCUT2D eigenvalue weighted by molar-refractivity contribution is 5.80. The summed E-state index contributed by atoms with van der Waals surface area (Å²) in [5.41, 5.74) is 0. The van der Waals surface area contributed by atoms with Crippen LogP contribution in [-0.4, -0.2) is 46.1 Å². The third kappa shape index (κ3) is 48.5. The van der Waals surface area contributed by atoms with Crippen molar-refractivity contribution in [3.8, 4) is 0 Å². The second-order valence-electron chi connectivity index (χ2n) is 19.8. The van der Waals surface area contributed by atoms with Gasteiger partial charge >= 0.3 is 0 Å². The Morgan fingerprint density at radius 3 is 0.953 bits per heavy atom. The molecule has 0 aromatic rings. The van der Waals surface area contributed by atoms with Gasteiger partial charge in [0.15, 0.2) is 0 Å². The summed E-state index contributed by atoms with van der Waals surface area (Å²) in [5.74, 6) is -0.511. The van der Waals surface area contributed by atoms with Gasteiger partial charge < -0.3 is 20.6 Å². The minimum atomic E-state index is -1.11. The van der Waals surface area contributed by atoms with Crippen LogP contribution in [0, 0.1) is 0 Å². The van der Waals surface area contributed by atoms with Gasteiger partial charge in [0.1, 0.15) is 6.10 Å². The molecule has 0 aromatic heterocycles. The highest BCUT2D eigenvalue weighted by Gasteiger charge is 2.22. The molecule has 5 nitrogen and oxygen atoms in total. The van der Waals surface area contributed by atoms with Gasteiger partial charge in [-0.1, -0.05) is 301 Å². The van der Waals surface area contributed by atoms with Gasteiger partial charge in [0.05, 0.1) is 18.8 Å². The van der Waals surface area contributed by atoms with Crippen LogP contribution in [0.25, 0.3) is 0 Å². The molecule has 0 bridgehead atoms. The highest BCUT2D eigenvalue weighted by atomic mass is 16.3. The van der Waals surface area contributed by atoms with E-state index < -0.39 is 24.2 Å². The maximum absolute atomic E-state index is 12.6. The predicted molar refractivity (Wildman–Crippen MR) is 282 cm³/mol. The number of allylic oxidation sites excluding steroid dienone is 5. The Labute approximate surface area is 400 Å². The minimum absolute atomic E-state index is 0.379. The second kappa shape index (κ2) is 54.2. The molecular formula is C59H113NO4. The van der Waals surface area contributed by atoms with Gasteiger partial charge in [-0.05, 0) is 44.9 Å². The Morgan fingerprint density at radius 1 is 0.375 bits per heavy atom. The molecule has 1 amide bonds. The lowest BCUT2D eigenvalue weighted by atomic mass is 10.0. The third-order valence-corrected chi connectivity index (χ3v) is 13.5. The quantitative estimate of drug-likeness (QED) is 0.0362. The van der Waals surface area contributed by atoms with Crippen LogP contribution in [0.5, 0.6) is 0 Å². The van der Waals surface area contributed by atoms with E-state index in [1.165, 1.54) is 244 Å². The lowest BCUT2D eigenvalue weighted by Gasteiger charge is -2.21. The maximum atomic E-state index is 12.6. The van der Waals surface area contributed by atoms with Crippen molar-refractivity contribution < 1.29 is 20.1 Å². The van der Waals surface area contributed by atoms with E-state index in [0.29, 0.717) is 6.42 Å². The Morgan fingerprint density at radius 2 is 0.641 bits per heavy atom. The molecule has 0 aliphatic heterocycles. The fraction of sp³-hybridized carbons (Fsp3) is 0.881. The molecule has 3 unspecified atom stereocenters. The van der Waals surface area contributed by atoms with Crippen molar-refractivity contribution in [2.75, 3.05) is 6.61 Å². The molecule has 4 N–H and O–H groups in total. The molecule has 0 fully saturated rings. The zero-order valence-corrected chi connectivity index (χ0v) is 43.2. The minimum Gasteiger partial charge on any atom is -0.394 e. The number of unbranched alkanes of at least 4 members (excludes halogenated alkanes) is 41. The monoisotopic (exact) mass is 900 g/mol. The molecule has 0 radical (unpaired) electrons. The topological polar surface area (TPSA) is 89.8 Å². The van der Waals surface area contributed by atoms with Crippen LogP contribution in [0.1, 0.15) is 309 Å². The van der Waals surface area contributed by atoms with E-state index in [4.69, 9.17) is 0 Å². The first-order valence-electron chi connectivity index (χ1n) is 28.8. The number of carbonyl (C=O) groups is 1. The van der Waals surface area contributed by atoms with E-state index in [2.05, 4.69) is 43.5 Å². The summed E-state index contributed by atoms with van der Waals surface area (Å²) in [7, 11) is 0. The van der Waals surface area contributed by atoms with Crippen LogP contribution < -0.4 is 5.32 Å². The molecule has 0 aliphatic rings. The molecule has 0 heterocycles. The summed E-state index contributed by atoms with van der Waals surface area (Å²) in [6.07, 6.45) is 70.9. The van der Waals surface area contributed by atoms with Crippen molar-refractivity contribution in [1.82, 2.24) is 5.32 Å². The van der Waals surface area contributed by atoms with Crippen LogP contribution in [0.2, 0.25) is 0 Å². The van der Waals surface area contributed by atoms with Crippen molar-refractivity contribution >= 4 is 5.91 Å². The van der Waals surface area contributed by atoms with E-state index >= 15 is 0 Å². The molecule has 5 heteroatoms. The number of carbonyl (C=O) groups excluding carboxylic acids is 1. The van der Waals surface area contributed by atoms with E-state index in [0.717, 1.165) is 44.9 Å². The highest BCUT2D eigenvalue weighted by Crippen LogP contribution is 2.18. The zero-order valence-electron chi connectivity index (χ0n) is 43.2. The summed E-state index contributed by atoms with van der Waals surface area (Å²) in [6, 6.07) is -0.820. The van der Waals surface area contributed by atoms with Crippen molar-refractivity contribution in [3.63, 3.8) is 0 Å². The Bertz CT molecular complexity index is 993. The Kier molecular flexibility index (Phi) is 53.0. The van der Waals surface area contributed by atoms with Crippen molar-refractivity contribution in [2.24, 2.45) is 0 Å². The van der Waals surface area contributed by atoms with Crippen LogP contribution in [-0.2, 0) is 4.79 Å². The lowest BCUT2D eigenvalue weighted by Crippen LogP contribution is -2.48. The van der Waals surface area contributed by atoms with Gasteiger partial charge in [0.2, 0.25) is 5.91 Å². The first-order valence-corrected chi connectivity index (χ1v) is 28.8. The Balaban J connectivity index is 3.61. The fourth-order valence-corrected chi connectivity index (χ4v) is 8.99. The van der Waals surface area contributed by atoms with Gasteiger partial charge in [-0.15, -0.1) is 0 Å². The first-order chi connectivity index (χ1) is 31.6. The van der Waals surface area contributed by atoms with E-state index in [1.807, 2.05) is 6.08 Å². The molecule has 0 saturated carbocycles. The predicted octanol–water partition coefficient (Wildman–Crippen LogP) is 17.8. The normalized spacial score (nSPS) is 13.5. The van der Waals surface area contributed by atoms with Gasteiger partial charge in [-0.2, -0.15) is 0 Å². The van der Waals surface area contributed by atoms with Gasteiger partial charge in [-0.25, -0.2) is 0 Å². The van der Waals surface area contributed by atoms with E-state index in [1.54, 1.807) is 6.08 Å². The molecule has 0 aliphatic carbocycles. The number of hydrogen-bond acceptors (Lipinski definition) is 4. The van der Waals surface area contributed by atoms with E-state index in [9.17, 15) is 20.1 Å². The lowest BCUT2D eigenvalue weighted by molar-refractivity contribution is -0.131. The van der Waals surface area contributed by atoms with Gasteiger partial charge in [0, 0.05) is 0 Å². The summed E-state index contributed by atoms with van der Waals surface area (Å²) >= 11 is 0. The van der Waals surface area contributed by atoms with Gasteiger partial charge in [-0.3, -0.25) is 4.79 Å². The van der Waals surface area contributed by atoms with Crippen LogP contribution in [0.15, 0.2) is 36.5 Å².